The van der Waals surface area contributed by atoms with Crippen LogP contribution in [-0.4, -0.2) is 41.5 Å². The predicted octanol–water partition coefficient (Wildman–Crippen LogP) is 2.30. The lowest BCUT2D eigenvalue weighted by Crippen LogP contribution is -2.32. The first-order chi connectivity index (χ1) is 10.7. The van der Waals surface area contributed by atoms with Gasteiger partial charge < -0.3 is 10.4 Å². The van der Waals surface area contributed by atoms with Crippen LogP contribution < -0.4 is 5.32 Å². The Morgan fingerprint density at radius 2 is 2.04 bits per heavy atom. The number of carboxylic acids is 1. The molecule has 0 radical (unpaired) electrons. The number of nitrogens with zero attached hydrogens (tertiary/aromatic N) is 1. The van der Waals surface area contributed by atoms with Gasteiger partial charge in [0.2, 0.25) is 5.91 Å². The topological polar surface area (TPSA) is 69.6 Å². The Labute approximate surface area is 131 Å². The predicted molar refractivity (Wildman–Crippen MR) is 76.8 cm³/mol. The Hall–Kier alpha value is -2.09. The molecule has 23 heavy (non-hydrogen) atoms. The highest BCUT2D eigenvalue weighted by Crippen LogP contribution is 2.30. The molecule has 0 aromatic heterocycles. The van der Waals surface area contributed by atoms with Crippen LogP contribution >= 0.6 is 0 Å². The Bertz CT molecular complexity index is 604. The summed E-state index contributed by atoms with van der Waals surface area (Å²) in [6, 6.07) is 4.39. The summed E-state index contributed by atoms with van der Waals surface area (Å²) in [7, 11) is 0. The standard InChI is InChI=1S/C15H17F3N2O3/c1-9-6-20(7-12(9)14(22)23)8-13(21)19-11-4-2-3-10(5-11)15(16,17)18/h2-5,9,12H,6-8H2,1H3,(H,19,21)(H,22,23)/t9-,12-/m1/s1. The van der Waals surface area contributed by atoms with E-state index in [2.05, 4.69) is 5.32 Å². The molecular formula is C15H17F3N2O3. The molecule has 1 amide bonds. The number of carboxylic acid groups (broad SMARTS) is 1. The van der Waals surface area contributed by atoms with E-state index in [0.29, 0.717) is 6.54 Å². The Kier molecular flexibility index (Phi) is 4.93. The van der Waals surface area contributed by atoms with Crippen molar-refractivity contribution in [2.45, 2.75) is 13.1 Å². The zero-order valence-corrected chi connectivity index (χ0v) is 12.4. The largest absolute Gasteiger partial charge is 0.481 e. The molecule has 8 heteroatoms. The maximum atomic E-state index is 12.6. The fourth-order valence-electron chi connectivity index (χ4n) is 2.69. The molecule has 0 saturated carbocycles. The van der Waals surface area contributed by atoms with Crippen LogP contribution in [0.25, 0.3) is 0 Å². The average Bonchev–Trinajstić information content (AvgIpc) is 2.78. The fourth-order valence-corrected chi connectivity index (χ4v) is 2.69. The van der Waals surface area contributed by atoms with Gasteiger partial charge in [0.05, 0.1) is 18.0 Å². The molecule has 1 aromatic rings. The third-order valence-electron chi connectivity index (χ3n) is 3.85. The van der Waals surface area contributed by atoms with Gasteiger partial charge in [-0.1, -0.05) is 13.0 Å². The van der Waals surface area contributed by atoms with Gasteiger partial charge in [-0.15, -0.1) is 0 Å². The summed E-state index contributed by atoms with van der Waals surface area (Å²) in [5.74, 6) is -1.98. The number of nitrogens with one attached hydrogen (secondary N) is 1. The molecule has 1 heterocycles. The molecule has 2 atom stereocenters. The van der Waals surface area contributed by atoms with Gasteiger partial charge in [0.15, 0.2) is 0 Å². The van der Waals surface area contributed by atoms with Crippen LogP contribution in [0.5, 0.6) is 0 Å². The molecule has 2 rings (SSSR count). The number of hydrogen-bond donors (Lipinski definition) is 2. The zero-order valence-electron chi connectivity index (χ0n) is 12.4. The summed E-state index contributed by atoms with van der Waals surface area (Å²) >= 11 is 0. The van der Waals surface area contributed by atoms with E-state index in [0.717, 1.165) is 12.1 Å². The van der Waals surface area contributed by atoms with Gasteiger partial charge in [-0.25, -0.2) is 0 Å². The first-order valence-corrected chi connectivity index (χ1v) is 7.09. The van der Waals surface area contributed by atoms with Crippen molar-refractivity contribution in [1.29, 1.82) is 0 Å². The smallest absolute Gasteiger partial charge is 0.416 e. The van der Waals surface area contributed by atoms with E-state index >= 15 is 0 Å². The van der Waals surface area contributed by atoms with Crippen molar-refractivity contribution in [2.24, 2.45) is 11.8 Å². The molecule has 5 nitrogen and oxygen atoms in total. The molecule has 1 saturated heterocycles. The summed E-state index contributed by atoms with van der Waals surface area (Å²) in [6.45, 7) is 2.47. The van der Waals surface area contributed by atoms with E-state index in [1.54, 1.807) is 11.8 Å². The highest BCUT2D eigenvalue weighted by atomic mass is 19.4. The maximum absolute atomic E-state index is 12.6. The Morgan fingerprint density at radius 1 is 1.35 bits per heavy atom. The summed E-state index contributed by atoms with van der Waals surface area (Å²) in [5, 5.41) is 11.5. The van der Waals surface area contributed by atoms with Crippen molar-refractivity contribution < 1.29 is 27.9 Å². The Balaban J connectivity index is 1.95. The normalized spacial score (nSPS) is 22.1. The third-order valence-corrected chi connectivity index (χ3v) is 3.85. The van der Waals surface area contributed by atoms with Crippen LogP contribution in [0.15, 0.2) is 24.3 Å². The minimum atomic E-state index is -4.47. The average molecular weight is 330 g/mol. The van der Waals surface area contributed by atoms with Gasteiger partial charge in [-0.3, -0.25) is 14.5 Å². The number of halogens is 3. The van der Waals surface area contributed by atoms with Gasteiger partial charge in [0, 0.05) is 18.8 Å². The van der Waals surface area contributed by atoms with Crippen molar-refractivity contribution in [3.63, 3.8) is 0 Å². The molecule has 0 spiro atoms. The van der Waals surface area contributed by atoms with Crippen molar-refractivity contribution in [2.75, 3.05) is 25.0 Å². The van der Waals surface area contributed by atoms with Gasteiger partial charge in [-0.05, 0) is 24.1 Å². The van der Waals surface area contributed by atoms with E-state index in [9.17, 15) is 22.8 Å². The first-order valence-electron chi connectivity index (χ1n) is 7.09. The second kappa shape index (κ2) is 6.57. The quantitative estimate of drug-likeness (QED) is 0.889. The van der Waals surface area contributed by atoms with Gasteiger partial charge in [0.25, 0.3) is 0 Å². The summed E-state index contributed by atoms with van der Waals surface area (Å²) < 4.78 is 37.9. The number of anilines is 1. The second-order valence-electron chi connectivity index (χ2n) is 5.74. The van der Waals surface area contributed by atoms with Crippen LogP contribution in [0.1, 0.15) is 12.5 Å². The first kappa shape index (κ1) is 17.3. The number of carbonyl (C=O) groups is 2. The summed E-state index contributed by atoms with van der Waals surface area (Å²) in [4.78, 5) is 24.7. The van der Waals surface area contributed by atoms with Gasteiger partial charge in [-0.2, -0.15) is 13.2 Å². The second-order valence-corrected chi connectivity index (χ2v) is 5.74. The summed E-state index contributed by atoms with van der Waals surface area (Å²) in [5.41, 5.74) is -0.775. The zero-order chi connectivity index (χ0) is 17.2. The highest BCUT2D eigenvalue weighted by Gasteiger charge is 2.35. The molecule has 1 aromatic carbocycles. The molecule has 2 N–H and O–H groups in total. The minimum absolute atomic E-state index is 0.0512. The number of benzene rings is 1. The van der Waals surface area contributed by atoms with Crippen LogP contribution in [0.2, 0.25) is 0 Å². The van der Waals surface area contributed by atoms with Crippen LogP contribution in [0, 0.1) is 11.8 Å². The number of alkyl halides is 3. The van der Waals surface area contributed by atoms with Crippen LogP contribution in [0.3, 0.4) is 0 Å². The molecule has 1 aliphatic heterocycles. The molecular weight excluding hydrogens is 313 g/mol. The van der Waals surface area contributed by atoms with E-state index < -0.39 is 29.5 Å². The lowest BCUT2D eigenvalue weighted by atomic mass is 9.99. The molecule has 1 aliphatic rings. The maximum Gasteiger partial charge on any atom is 0.416 e. The van der Waals surface area contributed by atoms with Gasteiger partial charge in [0.1, 0.15) is 0 Å². The van der Waals surface area contributed by atoms with Crippen LogP contribution in [0.4, 0.5) is 18.9 Å². The van der Waals surface area contributed by atoms with Crippen molar-refractivity contribution in [3.05, 3.63) is 29.8 Å². The number of carbonyl (C=O) groups excluding carboxylic acids is 1. The summed E-state index contributed by atoms with van der Waals surface area (Å²) in [6.07, 6.45) is -4.47. The lowest BCUT2D eigenvalue weighted by Gasteiger charge is -2.15. The number of aliphatic carboxylic acids is 1. The number of rotatable bonds is 4. The van der Waals surface area contributed by atoms with E-state index in [1.807, 2.05) is 0 Å². The van der Waals surface area contributed by atoms with E-state index in [4.69, 9.17) is 5.11 Å². The molecule has 0 bridgehead atoms. The number of likely N-dealkylation sites (tertiary alicyclic amines) is 1. The number of amides is 1. The molecule has 0 aliphatic carbocycles. The van der Waals surface area contributed by atoms with Gasteiger partial charge >= 0.3 is 12.1 Å². The van der Waals surface area contributed by atoms with Crippen LogP contribution in [-0.2, 0) is 15.8 Å². The number of hydrogen-bond acceptors (Lipinski definition) is 3. The Morgan fingerprint density at radius 3 is 2.61 bits per heavy atom. The minimum Gasteiger partial charge on any atom is -0.481 e. The van der Waals surface area contributed by atoms with Crippen molar-refractivity contribution in [1.82, 2.24) is 4.90 Å². The third kappa shape index (κ3) is 4.44. The SMILES string of the molecule is C[C@@H]1CN(CC(=O)Nc2cccc(C(F)(F)F)c2)C[C@H]1C(=O)O. The van der Waals surface area contributed by atoms with Crippen molar-refractivity contribution >= 4 is 17.6 Å². The van der Waals surface area contributed by atoms with Crippen molar-refractivity contribution in [3.8, 4) is 0 Å². The monoisotopic (exact) mass is 330 g/mol. The van der Waals surface area contributed by atoms with E-state index in [-0.39, 0.29) is 24.7 Å². The molecule has 1 fully saturated rings. The molecule has 0 unspecified atom stereocenters. The lowest BCUT2D eigenvalue weighted by molar-refractivity contribution is -0.142. The molecule has 126 valence electrons. The van der Waals surface area contributed by atoms with E-state index in [1.165, 1.54) is 12.1 Å². The fraction of sp³-hybridized carbons (Fsp3) is 0.467. The highest BCUT2D eigenvalue weighted by molar-refractivity contribution is 5.92.